The number of carbonyl (C=O) groups is 1. The van der Waals surface area contributed by atoms with Crippen molar-refractivity contribution in [1.82, 2.24) is 4.72 Å². The molecule has 0 fully saturated rings. The molecule has 1 aliphatic rings. The lowest BCUT2D eigenvalue weighted by molar-refractivity contribution is 0.0985. The van der Waals surface area contributed by atoms with E-state index in [0.717, 1.165) is 0 Å². The molecule has 2 aromatic rings. The summed E-state index contributed by atoms with van der Waals surface area (Å²) in [6.45, 7) is 0. The highest BCUT2D eigenvalue weighted by molar-refractivity contribution is 7.90. The van der Waals surface area contributed by atoms with Crippen molar-refractivity contribution in [1.29, 1.82) is 0 Å². The Labute approximate surface area is 126 Å². The van der Waals surface area contributed by atoms with Crippen molar-refractivity contribution in [2.45, 2.75) is 4.90 Å². The van der Waals surface area contributed by atoms with Crippen LogP contribution in [0.4, 0.5) is 0 Å². The molecule has 0 spiro atoms. The first-order valence-corrected chi connectivity index (χ1v) is 7.83. The van der Waals surface area contributed by atoms with E-state index in [1.807, 2.05) is 4.72 Å². The van der Waals surface area contributed by atoms with Gasteiger partial charge in [-0.2, -0.15) is 0 Å². The van der Waals surface area contributed by atoms with Gasteiger partial charge in [0.25, 0.3) is 15.9 Å². The highest BCUT2D eigenvalue weighted by Gasteiger charge is 2.32. The van der Waals surface area contributed by atoms with E-state index in [4.69, 9.17) is 16.3 Å². The van der Waals surface area contributed by atoms with E-state index < -0.39 is 15.9 Å². The molecular formula is C14H10ClNO4S. The molecule has 1 heterocycles. The lowest BCUT2D eigenvalue weighted by atomic mass is 10.0. The van der Waals surface area contributed by atoms with E-state index >= 15 is 0 Å². The SMILES string of the molecule is COc1ccc(-c2ccc3c(c2)C(=O)NS3(=O)=O)c(Cl)c1. The highest BCUT2D eigenvalue weighted by Crippen LogP contribution is 2.34. The number of ether oxygens (including phenoxy) is 1. The molecule has 0 radical (unpaired) electrons. The Hall–Kier alpha value is -2.05. The third-order valence-corrected chi connectivity index (χ3v) is 4.93. The summed E-state index contributed by atoms with van der Waals surface area (Å²) in [5.74, 6) is -0.0123. The summed E-state index contributed by atoms with van der Waals surface area (Å²) in [7, 11) is -2.19. The molecule has 21 heavy (non-hydrogen) atoms. The molecule has 3 rings (SSSR count). The maximum atomic E-state index is 11.7. The van der Waals surface area contributed by atoms with Crippen LogP contribution in [-0.4, -0.2) is 21.4 Å². The summed E-state index contributed by atoms with van der Waals surface area (Å²) in [6, 6.07) is 9.68. The molecule has 5 nitrogen and oxygen atoms in total. The first-order valence-electron chi connectivity index (χ1n) is 5.97. The molecule has 7 heteroatoms. The fraction of sp³-hybridized carbons (Fsp3) is 0.0714. The number of sulfonamides is 1. The normalized spacial score (nSPS) is 15.4. The van der Waals surface area contributed by atoms with Crippen molar-refractivity contribution in [3.05, 3.63) is 47.0 Å². The van der Waals surface area contributed by atoms with Gasteiger partial charge >= 0.3 is 0 Å². The van der Waals surface area contributed by atoms with Gasteiger partial charge in [0.15, 0.2) is 0 Å². The average molecular weight is 324 g/mol. The summed E-state index contributed by atoms with van der Waals surface area (Å²) >= 11 is 6.19. The summed E-state index contributed by atoms with van der Waals surface area (Å²) < 4.78 is 30.4. The molecule has 0 aliphatic carbocycles. The van der Waals surface area contributed by atoms with Crippen LogP contribution in [0.1, 0.15) is 10.4 Å². The fourth-order valence-electron chi connectivity index (χ4n) is 2.20. The zero-order valence-corrected chi connectivity index (χ0v) is 12.5. The van der Waals surface area contributed by atoms with Crippen LogP contribution in [0.25, 0.3) is 11.1 Å². The number of methoxy groups -OCH3 is 1. The van der Waals surface area contributed by atoms with Gasteiger partial charge in [0.1, 0.15) is 10.6 Å². The van der Waals surface area contributed by atoms with Crippen LogP contribution in [0.5, 0.6) is 5.75 Å². The molecule has 2 aromatic carbocycles. The van der Waals surface area contributed by atoms with Gasteiger partial charge in [-0.15, -0.1) is 0 Å². The lowest BCUT2D eigenvalue weighted by Crippen LogP contribution is -2.20. The van der Waals surface area contributed by atoms with Crippen molar-refractivity contribution < 1.29 is 17.9 Å². The molecule has 0 unspecified atom stereocenters. The molecule has 1 aliphatic heterocycles. The average Bonchev–Trinajstić information content (AvgIpc) is 2.68. The van der Waals surface area contributed by atoms with E-state index in [-0.39, 0.29) is 10.5 Å². The molecule has 0 saturated carbocycles. The predicted molar refractivity (Wildman–Crippen MR) is 78.1 cm³/mol. The predicted octanol–water partition coefficient (Wildman–Crippen LogP) is 2.45. The van der Waals surface area contributed by atoms with E-state index in [9.17, 15) is 13.2 Å². The Morgan fingerprint density at radius 1 is 1.10 bits per heavy atom. The van der Waals surface area contributed by atoms with Crippen LogP contribution < -0.4 is 9.46 Å². The maximum Gasteiger partial charge on any atom is 0.266 e. The van der Waals surface area contributed by atoms with Crippen LogP contribution in [0.3, 0.4) is 0 Å². The molecule has 108 valence electrons. The van der Waals surface area contributed by atoms with Crippen LogP contribution in [-0.2, 0) is 10.0 Å². The topological polar surface area (TPSA) is 72.5 Å². The Bertz CT molecular complexity index is 861. The van der Waals surface area contributed by atoms with E-state index in [0.29, 0.717) is 21.9 Å². The molecule has 0 atom stereocenters. The monoisotopic (exact) mass is 323 g/mol. The zero-order valence-electron chi connectivity index (χ0n) is 10.9. The number of hydrogen-bond acceptors (Lipinski definition) is 4. The number of amides is 1. The second-order valence-corrected chi connectivity index (χ2v) is 6.55. The number of benzene rings is 2. The summed E-state index contributed by atoms with van der Waals surface area (Å²) in [5, 5.41) is 0.454. The van der Waals surface area contributed by atoms with Gasteiger partial charge in [0.2, 0.25) is 0 Å². The number of carbonyl (C=O) groups excluding carboxylic acids is 1. The number of halogens is 1. The van der Waals surface area contributed by atoms with Crippen molar-refractivity contribution in [2.75, 3.05) is 7.11 Å². The second kappa shape index (κ2) is 4.75. The van der Waals surface area contributed by atoms with Crippen molar-refractivity contribution in [3.63, 3.8) is 0 Å². The number of hydrogen-bond donors (Lipinski definition) is 1. The minimum atomic E-state index is -3.73. The maximum absolute atomic E-state index is 11.7. The minimum absolute atomic E-state index is 0.0131. The van der Waals surface area contributed by atoms with Gasteiger partial charge in [0, 0.05) is 5.56 Å². The van der Waals surface area contributed by atoms with Crippen LogP contribution in [0.2, 0.25) is 5.02 Å². The standard InChI is InChI=1S/C14H10ClNO4S/c1-20-9-3-4-10(12(15)7-9)8-2-5-13-11(6-8)14(17)16-21(13,18)19/h2-7H,1H3,(H,16,17). The van der Waals surface area contributed by atoms with E-state index in [1.165, 1.54) is 19.2 Å². The van der Waals surface area contributed by atoms with Crippen LogP contribution in [0.15, 0.2) is 41.3 Å². The number of rotatable bonds is 2. The fourth-order valence-corrected chi connectivity index (χ4v) is 3.63. The summed E-state index contributed by atoms with van der Waals surface area (Å²) in [6.07, 6.45) is 0. The van der Waals surface area contributed by atoms with Crippen molar-refractivity contribution in [3.8, 4) is 16.9 Å². The van der Waals surface area contributed by atoms with E-state index in [2.05, 4.69) is 0 Å². The lowest BCUT2D eigenvalue weighted by Gasteiger charge is -2.07. The van der Waals surface area contributed by atoms with Crippen molar-refractivity contribution in [2.24, 2.45) is 0 Å². The van der Waals surface area contributed by atoms with Crippen molar-refractivity contribution >= 4 is 27.5 Å². The number of nitrogens with one attached hydrogen (secondary N) is 1. The smallest absolute Gasteiger partial charge is 0.266 e. The summed E-state index contributed by atoms with van der Waals surface area (Å²) in [4.78, 5) is 11.7. The molecule has 0 aromatic heterocycles. The Balaban J connectivity index is 2.14. The van der Waals surface area contributed by atoms with Gasteiger partial charge in [-0.25, -0.2) is 13.1 Å². The first-order chi connectivity index (χ1) is 9.92. The Morgan fingerprint density at radius 2 is 1.86 bits per heavy atom. The molecule has 0 bridgehead atoms. The van der Waals surface area contributed by atoms with Gasteiger partial charge in [-0.05, 0) is 35.9 Å². The third-order valence-electron chi connectivity index (χ3n) is 3.23. The Kier molecular flexibility index (Phi) is 3.15. The number of fused-ring (bicyclic) bond motifs is 1. The van der Waals surface area contributed by atoms with Gasteiger partial charge < -0.3 is 4.74 Å². The van der Waals surface area contributed by atoms with Gasteiger partial charge in [0.05, 0.1) is 17.7 Å². The van der Waals surface area contributed by atoms with Crippen LogP contribution >= 0.6 is 11.6 Å². The van der Waals surface area contributed by atoms with Gasteiger partial charge in [-0.3, -0.25) is 4.79 Å². The Morgan fingerprint density at radius 3 is 2.52 bits per heavy atom. The zero-order chi connectivity index (χ0) is 15.2. The molecule has 0 saturated heterocycles. The quantitative estimate of drug-likeness (QED) is 0.921. The van der Waals surface area contributed by atoms with Crippen LogP contribution in [0, 0.1) is 0 Å². The molecular weight excluding hydrogens is 314 g/mol. The van der Waals surface area contributed by atoms with E-state index in [1.54, 1.807) is 24.3 Å². The highest BCUT2D eigenvalue weighted by atomic mass is 35.5. The largest absolute Gasteiger partial charge is 0.497 e. The second-order valence-electron chi connectivity index (χ2n) is 4.49. The molecule has 1 amide bonds. The third kappa shape index (κ3) is 2.26. The molecule has 1 N–H and O–H groups in total. The summed E-state index contributed by atoms with van der Waals surface area (Å²) in [5.41, 5.74) is 1.48. The minimum Gasteiger partial charge on any atom is -0.497 e. The first kappa shape index (κ1) is 13.9. The van der Waals surface area contributed by atoms with Gasteiger partial charge in [-0.1, -0.05) is 17.7 Å².